The van der Waals surface area contributed by atoms with Crippen molar-refractivity contribution in [2.24, 2.45) is 7.05 Å². The summed E-state index contributed by atoms with van der Waals surface area (Å²) in [6.07, 6.45) is -3.33. The van der Waals surface area contributed by atoms with Crippen molar-refractivity contribution in [2.75, 3.05) is 26.7 Å². The van der Waals surface area contributed by atoms with Gasteiger partial charge in [-0.05, 0) is 14.0 Å². The minimum Gasteiger partial charge on any atom is -0.338 e. The number of urea groups is 1. The second-order valence-electron chi connectivity index (χ2n) is 6.46. The van der Waals surface area contributed by atoms with E-state index in [1.807, 2.05) is 11.9 Å². The van der Waals surface area contributed by atoms with Gasteiger partial charge in [-0.15, -0.1) is 0 Å². The van der Waals surface area contributed by atoms with E-state index in [1.165, 1.54) is 18.1 Å². The van der Waals surface area contributed by atoms with Crippen LogP contribution in [0.2, 0.25) is 0 Å². The van der Waals surface area contributed by atoms with Gasteiger partial charge in [0.05, 0.1) is 0 Å². The first-order valence-corrected chi connectivity index (χ1v) is 8.28. The fourth-order valence-corrected chi connectivity index (χ4v) is 2.96. The molecule has 3 rings (SSSR count). The Balaban J connectivity index is 1.65. The lowest BCUT2D eigenvalue weighted by atomic mass is 10.2. The lowest BCUT2D eigenvalue weighted by molar-refractivity contribution is -0.142. The Morgan fingerprint density at radius 3 is 2.74 bits per heavy atom. The molecule has 0 aromatic carbocycles. The zero-order chi connectivity index (χ0) is 19.8. The molecule has 1 atom stereocenters. The van der Waals surface area contributed by atoms with Crippen LogP contribution in [0.15, 0.2) is 10.7 Å². The van der Waals surface area contributed by atoms with E-state index in [2.05, 4.69) is 20.6 Å². The Morgan fingerprint density at radius 1 is 1.37 bits per heavy atom. The molecular formula is C15H20F3N7O2. The molecule has 148 valence electrons. The number of piperazine rings is 1. The summed E-state index contributed by atoms with van der Waals surface area (Å²) in [5.41, 5.74) is -1.08. The third-order valence-electron chi connectivity index (χ3n) is 4.37. The molecule has 0 saturated carbocycles. The number of amides is 2. The Labute approximate surface area is 153 Å². The molecule has 27 heavy (non-hydrogen) atoms. The van der Waals surface area contributed by atoms with E-state index in [1.54, 1.807) is 6.92 Å². The van der Waals surface area contributed by atoms with Gasteiger partial charge in [-0.2, -0.15) is 23.3 Å². The maximum atomic E-state index is 13.0. The summed E-state index contributed by atoms with van der Waals surface area (Å²) in [6, 6.07) is -0.726. The number of hydrogen-bond acceptors (Lipinski definition) is 6. The minimum absolute atomic E-state index is 0.0865. The highest BCUT2D eigenvalue weighted by atomic mass is 19.4. The van der Waals surface area contributed by atoms with Crippen molar-refractivity contribution < 1.29 is 22.5 Å². The average Bonchev–Trinajstić information content (AvgIpc) is 3.18. The fourth-order valence-electron chi connectivity index (χ4n) is 2.96. The zero-order valence-electron chi connectivity index (χ0n) is 15.1. The molecule has 0 radical (unpaired) electrons. The van der Waals surface area contributed by atoms with Crippen LogP contribution in [0.3, 0.4) is 0 Å². The van der Waals surface area contributed by atoms with Gasteiger partial charge in [-0.1, -0.05) is 5.16 Å². The standard InChI is InChI=1S/C15H20F3N7O2/c1-9-20-13(27-22-9)11-8-25(5-4-23(11)2)14(26)19-6-10-7-24(3)21-12(10)15(16,17)18/h7,11H,4-6,8H2,1-3H3,(H,19,26). The lowest BCUT2D eigenvalue weighted by Gasteiger charge is -2.37. The topological polar surface area (TPSA) is 92.3 Å². The number of likely N-dealkylation sites (N-methyl/N-ethyl adjacent to an activating group) is 1. The molecule has 3 heterocycles. The van der Waals surface area contributed by atoms with Gasteiger partial charge in [0.2, 0.25) is 5.89 Å². The number of hydrogen-bond donors (Lipinski definition) is 1. The van der Waals surface area contributed by atoms with Gasteiger partial charge in [-0.25, -0.2) is 4.79 Å². The summed E-state index contributed by atoms with van der Waals surface area (Å²) in [7, 11) is 3.28. The second kappa shape index (κ2) is 7.18. The number of aromatic nitrogens is 4. The Morgan fingerprint density at radius 2 is 2.11 bits per heavy atom. The second-order valence-corrected chi connectivity index (χ2v) is 6.46. The number of halogens is 3. The van der Waals surface area contributed by atoms with Crippen LogP contribution < -0.4 is 5.32 Å². The minimum atomic E-state index is -4.57. The molecule has 1 saturated heterocycles. The molecule has 0 spiro atoms. The first-order chi connectivity index (χ1) is 12.6. The van der Waals surface area contributed by atoms with Crippen LogP contribution in [0.5, 0.6) is 0 Å². The molecule has 2 aromatic heterocycles. The normalized spacial score (nSPS) is 18.7. The number of rotatable bonds is 3. The number of nitrogens with one attached hydrogen (secondary N) is 1. The summed E-state index contributed by atoms with van der Waals surface area (Å²) in [5, 5.41) is 9.72. The molecule has 9 nitrogen and oxygen atoms in total. The van der Waals surface area contributed by atoms with Crippen LogP contribution in [-0.4, -0.2) is 62.4 Å². The summed E-state index contributed by atoms with van der Waals surface area (Å²) in [6.45, 7) is 2.74. The molecule has 1 fully saturated rings. The average molecular weight is 387 g/mol. The number of carbonyl (C=O) groups excluding carboxylic acids is 1. The predicted octanol–water partition coefficient (Wildman–Crippen LogP) is 1.33. The van der Waals surface area contributed by atoms with Crippen molar-refractivity contribution in [3.8, 4) is 0 Å². The molecular weight excluding hydrogens is 367 g/mol. The number of aryl methyl sites for hydroxylation is 2. The maximum absolute atomic E-state index is 13.0. The fraction of sp³-hybridized carbons (Fsp3) is 0.600. The SMILES string of the molecule is Cc1noc(C2CN(C(=O)NCc3cn(C)nc3C(F)(F)F)CCN2C)n1. The highest BCUT2D eigenvalue weighted by Crippen LogP contribution is 2.30. The van der Waals surface area contributed by atoms with Crippen LogP contribution in [-0.2, 0) is 19.8 Å². The van der Waals surface area contributed by atoms with E-state index in [0.29, 0.717) is 31.3 Å². The van der Waals surface area contributed by atoms with Crippen molar-refractivity contribution in [2.45, 2.75) is 25.7 Å². The number of carbonyl (C=O) groups is 1. The first-order valence-electron chi connectivity index (χ1n) is 8.28. The first kappa shape index (κ1) is 19.1. The van der Waals surface area contributed by atoms with Crippen molar-refractivity contribution >= 4 is 6.03 Å². The molecule has 2 amide bonds. The van der Waals surface area contributed by atoms with Crippen LogP contribution >= 0.6 is 0 Å². The van der Waals surface area contributed by atoms with E-state index in [9.17, 15) is 18.0 Å². The van der Waals surface area contributed by atoms with Crippen molar-refractivity contribution in [3.05, 3.63) is 29.2 Å². The summed E-state index contributed by atoms with van der Waals surface area (Å²) in [5.74, 6) is 0.898. The smallest absolute Gasteiger partial charge is 0.338 e. The van der Waals surface area contributed by atoms with Gasteiger partial charge in [-0.3, -0.25) is 9.58 Å². The van der Waals surface area contributed by atoms with Gasteiger partial charge >= 0.3 is 12.2 Å². The summed E-state index contributed by atoms with van der Waals surface area (Å²) in [4.78, 5) is 20.2. The van der Waals surface area contributed by atoms with Crippen LogP contribution in [0, 0.1) is 6.92 Å². The molecule has 12 heteroatoms. The van der Waals surface area contributed by atoms with Crippen molar-refractivity contribution in [1.29, 1.82) is 0 Å². The lowest BCUT2D eigenvalue weighted by Crippen LogP contribution is -2.52. The number of nitrogens with zero attached hydrogens (tertiary/aromatic N) is 6. The highest BCUT2D eigenvalue weighted by molar-refractivity contribution is 5.74. The molecule has 0 bridgehead atoms. The van der Waals surface area contributed by atoms with E-state index in [-0.39, 0.29) is 18.2 Å². The van der Waals surface area contributed by atoms with Gasteiger partial charge in [0.25, 0.3) is 0 Å². The molecule has 2 aromatic rings. The third-order valence-corrected chi connectivity index (χ3v) is 4.37. The van der Waals surface area contributed by atoms with Crippen molar-refractivity contribution in [3.63, 3.8) is 0 Å². The maximum Gasteiger partial charge on any atom is 0.435 e. The van der Waals surface area contributed by atoms with E-state index < -0.39 is 17.9 Å². The van der Waals surface area contributed by atoms with Gasteiger partial charge in [0.15, 0.2) is 11.5 Å². The summed E-state index contributed by atoms with van der Waals surface area (Å²) < 4.78 is 45.3. The van der Waals surface area contributed by atoms with Crippen LogP contribution in [0.25, 0.3) is 0 Å². The zero-order valence-corrected chi connectivity index (χ0v) is 15.1. The third kappa shape index (κ3) is 4.21. The molecule has 0 aliphatic carbocycles. The van der Waals surface area contributed by atoms with Gasteiger partial charge in [0.1, 0.15) is 6.04 Å². The van der Waals surface area contributed by atoms with Crippen molar-refractivity contribution in [1.82, 2.24) is 35.0 Å². The molecule has 1 N–H and O–H groups in total. The van der Waals surface area contributed by atoms with Gasteiger partial charge in [0, 0.05) is 45.0 Å². The largest absolute Gasteiger partial charge is 0.435 e. The highest BCUT2D eigenvalue weighted by Gasteiger charge is 2.37. The monoisotopic (exact) mass is 387 g/mol. The number of alkyl halides is 3. The van der Waals surface area contributed by atoms with Gasteiger partial charge < -0.3 is 14.7 Å². The Hall–Kier alpha value is -2.63. The Kier molecular flexibility index (Phi) is 5.09. The van der Waals surface area contributed by atoms with E-state index in [4.69, 9.17) is 4.52 Å². The van der Waals surface area contributed by atoms with Crippen LogP contribution in [0.1, 0.15) is 29.0 Å². The van der Waals surface area contributed by atoms with Crippen LogP contribution in [0.4, 0.5) is 18.0 Å². The molecule has 1 unspecified atom stereocenters. The molecule has 1 aliphatic heterocycles. The van der Waals surface area contributed by atoms with E-state index >= 15 is 0 Å². The Bertz CT molecular complexity index is 817. The summed E-state index contributed by atoms with van der Waals surface area (Å²) >= 11 is 0. The quantitative estimate of drug-likeness (QED) is 0.854. The molecule has 1 aliphatic rings. The van der Waals surface area contributed by atoms with E-state index in [0.717, 1.165) is 4.68 Å². The predicted molar refractivity (Wildman–Crippen MR) is 86.4 cm³/mol.